The Bertz CT molecular complexity index is 2700. The van der Waals surface area contributed by atoms with Crippen molar-refractivity contribution in [1.29, 1.82) is 0 Å². The number of aliphatic hydroxyl groups is 1. The van der Waals surface area contributed by atoms with E-state index < -0.39 is 125 Å². The molecule has 284 valence electrons. The number of ketones is 1. The molecule has 5 rings (SSSR count). The second-order valence-electron chi connectivity index (χ2n) is 10.9. The first kappa shape index (κ1) is 39.0. The van der Waals surface area contributed by atoms with Crippen LogP contribution in [0.3, 0.4) is 0 Å². The van der Waals surface area contributed by atoms with Crippen LogP contribution in [0, 0.1) is 30.3 Å². The molecule has 4 aromatic carbocycles. The van der Waals surface area contributed by atoms with Crippen molar-refractivity contribution in [3.8, 4) is 11.5 Å². The molecule has 0 aromatic heterocycles. The molecular weight excluding hydrogens is 782 g/mol. The smallest absolute Gasteiger partial charge is 0.319 e. The Labute approximate surface area is 304 Å². The number of nitro benzene ring substituents is 3. The Balaban J connectivity index is 1.63. The molecule has 1 unspecified atom stereocenters. The van der Waals surface area contributed by atoms with E-state index in [0.29, 0.717) is 30.3 Å². The normalized spacial score (nSPS) is 15.8. The van der Waals surface area contributed by atoms with Crippen LogP contribution in [-0.2, 0) is 25.0 Å². The lowest BCUT2D eigenvalue weighted by Crippen LogP contribution is -2.27. The molecule has 27 heteroatoms. The van der Waals surface area contributed by atoms with Crippen molar-refractivity contribution >= 4 is 82.3 Å². The maximum Gasteiger partial charge on any atom is 0.319 e. The van der Waals surface area contributed by atoms with Gasteiger partial charge in [-0.25, -0.2) is 0 Å². The first-order chi connectivity index (χ1) is 25.6. The second-order valence-corrected chi connectivity index (χ2v) is 13.7. The van der Waals surface area contributed by atoms with Gasteiger partial charge in [-0.1, -0.05) is 0 Å². The highest BCUT2D eigenvalue weighted by Crippen LogP contribution is 2.45. The monoisotopic (exact) mass is 801 g/mol. The molecule has 55 heavy (non-hydrogen) atoms. The molecule has 0 bridgehead atoms. The minimum absolute atomic E-state index is 0.0884. The highest BCUT2D eigenvalue weighted by molar-refractivity contribution is 7.86. The van der Waals surface area contributed by atoms with Crippen molar-refractivity contribution in [2.45, 2.75) is 22.3 Å². The minimum Gasteiger partial charge on any atom is -0.505 e. The van der Waals surface area contributed by atoms with Crippen LogP contribution in [0.4, 0.5) is 39.8 Å². The number of nitrogens with one attached hydrogen (secondary N) is 1. The number of Topliss-reactive ketones (excluding diaryl/α,β-unsaturated/α-hetero) is 1. The number of hydrazone groups is 1. The van der Waals surface area contributed by atoms with Gasteiger partial charge in [-0.2, -0.15) is 32.2 Å². The fourth-order valence-corrected chi connectivity index (χ4v) is 5.97. The number of hydrogen-bond acceptors (Lipinski definition) is 20. The number of nitrogens with zero attached hydrogens (tertiary/aromatic N) is 8. The van der Waals surface area contributed by atoms with E-state index >= 15 is 0 Å². The SMILES string of the molecule is O=C1CC(O)C(N=Nc2cc([N+](=O)[O-])cc([N+](=O)[O-])c2O)=CC1=NNc1cc(S(=O)(=O)O)cc2cc(S(=O)(=O)O)c(N=Nc3ccc([N+](=O)[O-])cc3)c(O)c12. The van der Waals surface area contributed by atoms with Crippen molar-refractivity contribution in [2.75, 3.05) is 5.43 Å². The van der Waals surface area contributed by atoms with Crippen molar-refractivity contribution in [1.82, 2.24) is 0 Å². The summed E-state index contributed by atoms with van der Waals surface area (Å²) in [4.78, 5) is 41.4. The first-order valence-corrected chi connectivity index (χ1v) is 17.3. The van der Waals surface area contributed by atoms with Gasteiger partial charge in [-0.05, 0) is 41.8 Å². The topological polar surface area (TPSA) is 390 Å². The Morgan fingerprint density at radius 3 is 2.00 bits per heavy atom. The zero-order chi connectivity index (χ0) is 40.6. The number of allylic oxidation sites excluding steroid dienone is 1. The number of fused-ring (bicyclic) bond motifs is 1. The Hall–Kier alpha value is -7.20. The molecule has 0 saturated heterocycles. The Kier molecular flexibility index (Phi) is 10.4. The van der Waals surface area contributed by atoms with Crippen molar-refractivity contribution < 1.29 is 60.8 Å². The number of rotatable bonds is 11. The molecule has 1 aliphatic rings. The fourth-order valence-electron chi connectivity index (χ4n) is 4.77. The van der Waals surface area contributed by atoms with Crippen LogP contribution in [-0.4, -0.2) is 73.6 Å². The van der Waals surface area contributed by atoms with Gasteiger partial charge >= 0.3 is 5.69 Å². The van der Waals surface area contributed by atoms with Gasteiger partial charge in [0, 0.05) is 24.6 Å². The van der Waals surface area contributed by atoms with Crippen LogP contribution in [0.5, 0.6) is 11.5 Å². The third kappa shape index (κ3) is 8.39. The van der Waals surface area contributed by atoms with Gasteiger partial charge in [0.2, 0.25) is 5.75 Å². The Morgan fingerprint density at radius 2 is 1.42 bits per heavy atom. The van der Waals surface area contributed by atoms with Gasteiger partial charge in [0.1, 0.15) is 28.1 Å². The summed E-state index contributed by atoms with van der Waals surface area (Å²) in [5, 5.41) is 82.8. The summed E-state index contributed by atoms with van der Waals surface area (Å²) in [6, 6.07) is 7.43. The average Bonchev–Trinajstić information content (AvgIpc) is 3.09. The molecule has 0 aliphatic heterocycles. The number of carbonyl (C=O) groups excluding carboxylic acids is 1. The molecule has 0 spiro atoms. The van der Waals surface area contributed by atoms with E-state index in [9.17, 15) is 76.4 Å². The molecule has 4 aromatic rings. The van der Waals surface area contributed by atoms with Crippen molar-refractivity contribution in [2.24, 2.45) is 25.6 Å². The van der Waals surface area contributed by atoms with Crippen LogP contribution in [0.25, 0.3) is 10.8 Å². The number of carbonyl (C=O) groups is 1. The lowest BCUT2D eigenvalue weighted by molar-refractivity contribution is -0.394. The number of non-ortho nitro benzene ring substituents is 2. The molecule has 0 amide bonds. The largest absolute Gasteiger partial charge is 0.505 e. The van der Waals surface area contributed by atoms with E-state index in [-0.39, 0.29) is 11.4 Å². The van der Waals surface area contributed by atoms with Gasteiger partial charge in [0.15, 0.2) is 11.5 Å². The summed E-state index contributed by atoms with van der Waals surface area (Å²) in [6.45, 7) is 0. The standard InChI is InChI=1S/C28H19N9O16S2/c38-22-11-23(39)18(31-33-20-7-15(36(44)45)8-21(27(20)40)37(46)47)10-17(22)30-32-19-9-16(54(48,49)50)5-12-6-24(55(51,52)53)26(28(41)25(12)19)34-29-13-1-3-14(4-2-13)35(42)43/h1-10,23,32,39-41H,11H2,(H,48,49,50)(H,51,52,53). The summed E-state index contributed by atoms with van der Waals surface area (Å²) in [6.07, 6.45) is -1.61. The summed E-state index contributed by atoms with van der Waals surface area (Å²) < 4.78 is 68.6. The van der Waals surface area contributed by atoms with Gasteiger partial charge in [-0.3, -0.25) is 49.7 Å². The van der Waals surface area contributed by atoms with E-state index in [1.165, 1.54) is 0 Å². The molecule has 1 aliphatic carbocycles. The molecule has 0 fully saturated rings. The highest BCUT2D eigenvalue weighted by Gasteiger charge is 2.29. The van der Waals surface area contributed by atoms with E-state index in [0.717, 1.165) is 30.3 Å². The molecule has 6 N–H and O–H groups in total. The second kappa shape index (κ2) is 14.7. The number of anilines is 1. The summed E-state index contributed by atoms with van der Waals surface area (Å²) in [5.41, 5.74) is -3.38. The molecule has 0 radical (unpaired) electrons. The third-order valence-electron chi connectivity index (χ3n) is 7.35. The quantitative estimate of drug-likeness (QED) is 0.0520. The first-order valence-electron chi connectivity index (χ1n) is 14.4. The Morgan fingerprint density at radius 1 is 0.764 bits per heavy atom. The number of benzene rings is 4. The zero-order valence-electron chi connectivity index (χ0n) is 26.7. The maximum atomic E-state index is 12.8. The fraction of sp³-hybridized carbons (Fsp3) is 0.0714. The van der Waals surface area contributed by atoms with Crippen LogP contribution in [0.2, 0.25) is 0 Å². The lowest BCUT2D eigenvalue weighted by atomic mass is 9.99. The number of azo groups is 2. The predicted molar refractivity (Wildman–Crippen MR) is 183 cm³/mol. The van der Waals surface area contributed by atoms with E-state index in [1.807, 2.05) is 0 Å². The maximum absolute atomic E-state index is 12.8. The molecule has 25 nitrogen and oxygen atoms in total. The van der Waals surface area contributed by atoms with E-state index in [2.05, 4.69) is 31.0 Å². The predicted octanol–water partition coefficient (Wildman–Crippen LogP) is 4.65. The van der Waals surface area contributed by atoms with E-state index in [4.69, 9.17) is 0 Å². The van der Waals surface area contributed by atoms with Crippen LogP contribution in [0.1, 0.15) is 6.42 Å². The lowest BCUT2D eigenvalue weighted by Gasteiger charge is -2.17. The van der Waals surface area contributed by atoms with Gasteiger partial charge < -0.3 is 15.3 Å². The van der Waals surface area contributed by atoms with Gasteiger partial charge in [0.05, 0.1) is 48.2 Å². The highest BCUT2D eigenvalue weighted by atomic mass is 32.2. The molecule has 1 atom stereocenters. The van der Waals surface area contributed by atoms with Crippen LogP contribution < -0.4 is 5.43 Å². The molecule has 0 saturated carbocycles. The van der Waals surface area contributed by atoms with Crippen molar-refractivity contribution in [3.63, 3.8) is 0 Å². The number of aromatic hydroxyl groups is 2. The van der Waals surface area contributed by atoms with Gasteiger partial charge in [-0.15, -0.1) is 10.2 Å². The zero-order valence-corrected chi connectivity index (χ0v) is 28.3. The molecule has 0 heterocycles. The summed E-state index contributed by atoms with van der Waals surface area (Å²) in [7, 11) is -10.3. The van der Waals surface area contributed by atoms with Crippen LogP contribution >= 0.6 is 0 Å². The minimum atomic E-state index is -5.26. The number of hydrogen-bond donors (Lipinski definition) is 6. The van der Waals surface area contributed by atoms with Gasteiger partial charge in [0.25, 0.3) is 31.6 Å². The van der Waals surface area contributed by atoms with Crippen molar-refractivity contribution in [3.05, 3.63) is 96.7 Å². The number of aliphatic hydroxyl groups excluding tert-OH is 1. The summed E-state index contributed by atoms with van der Waals surface area (Å²) in [5.74, 6) is -3.09. The summed E-state index contributed by atoms with van der Waals surface area (Å²) >= 11 is 0. The number of nitro groups is 3. The molecular formula is C28H19N9O16S2. The van der Waals surface area contributed by atoms with Crippen LogP contribution in [0.15, 0.2) is 102 Å². The third-order valence-corrected chi connectivity index (χ3v) is 9.05. The number of phenols is 2. The van der Waals surface area contributed by atoms with E-state index in [1.54, 1.807) is 0 Å². The number of phenolic OH excluding ortho intramolecular Hbond substituents is 2. The average molecular weight is 802 g/mol.